The average molecular weight is 560 g/mol. The van der Waals surface area contributed by atoms with Gasteiger partial charge in [0.1, 0.15) is 11.6 Å². The molecule has 2 aromatic rings. The number of amides is 3. The summed E-state index contributed by atoms with van der Waals surface area (Å²) in [5.41, 5.74) is 7.94. The molecule has 0 radical (unpaired) electrons. The monoisotopic (exact) mass is 559 g/mol. The maximum Gasteiger partial charge on any atom is 0.255 e. The van der Waals surface area contributed by atoms with Gasteiger partial charge in [-0.2, -0.15) is 0 Å². The van der Waals surface area contributed by atoms with E-state index in [0.29, 0.717) is 23.8 Å². The summed E-state index contributed by atoms with van der Waals surface area (Å²) in [7, 11) is 1.48. The molecular formula is C33H38FN3O4. The Balaban J connectivity index is 1.27. The van der Waals surface area contributed by atoms with Crippen molar-refractivity contribution in [3.63, 3.8) is 0 Å². The Morgan fingerprint density at radius 3 is 2.59 bits per heavy atom. The highest BCUT2D eigenvalue weighted by Gasteiger charge is 2.54. The second kappa shape index (κ2) is 10.6. The minimum atomic E-state index is -0.667. The maximum atomic E-state index is 14.8. The maximum absolute atomic E-state index is 14.8. The first kappa shape index (κ1) is 27.5. The zero-order chi connectivity index (χ0) is 28.9. The third-order valence-electron chi connectivity index (χ3n) is 9.79. The van der Waals surface area contributed by atoms with E-state index in [9.17, 15) is 18.8 Å². The van der Waals surface area contributed by atoms with Gasteiger partial charge in [0.05, 0.1) is 18.6 Å². The third-order valence-corrected chi connectivity index (χ3v) is 9.79. The molecule has 6 rings (SSSR count). The molecule has 2 bridgehead atoms. The number of allylic oxidation sites excluding steroid dienone is 2. The molecular weight excluding hydrogens is 521 g/mol. The summed E-state index contributed by atoms with van der Waals surface area (Å²) in [6.07, 6.45) is 10.1. The number of nitrogens with one attached hydrogen (secondary N) is 2. The quantitative estimate of drug-likeness (QED) is 0.376. The number of rotatable bonds is 9. The van der Waals surface area contributed by atoms with Crippen molar-refractivity contribution in [1.82, 2.24) is 10.6 Å². The number of fused-ring (bicyclic) bond motifs is 2. The van der Waals surface area contributed by atoms with E-state index in [0.717, 1.165) is 25.7 Å². The zero-order valence-corrected chi connectivity index (χ0v) is 23.7. The van der Waals surface area contributed by atoms with Crippen molar-refractivity contribution in [3.8, 4) is 16.9 Å². The van der Waals surface area contributed by atoms with Gasteiger partial charge in [0.15, 0.2) is 0 Å². The number of ether oxygens (including phenoxy) is 1. The van der Waals surface area contributed by atoms with Gasteiger partial charge in [-0.1, -0.05) is 31.1 Å². The Labute approximate surface area is 240 Å². The van der Waals surface area contributed by atoms with Gasteiger partial charge in [0.2, 0.25) is 11.8 Å². The summed E-state index contributed by atoms with van der Waals surface area (Å²) in [6, 6.07) is 8.42. The lowest BCUT2D eigenvalue weighted by Crippen LogP contribution is -2.52. The lowest BCUT2D eigenvalue weighted by Gasteiger charge is -2.39. The molecule has 4 N–H and O–H groups in total. The van der Waals surface area contributed by atoms with Gasteiger partial charge in [-0.05, 0) is 97.6 Å². The van der Waals surface area contributed by atoms with E-state index in [2.05, 4.69) is 23.6 Å². The van der Waals surface area contributed by atoms with Crippen molar-refractivity contribution in [2.45, 2.75) is 57.9 Å². The summed E-state index contributed by atoms with van der Waals surface area (Å²) in [4.78, 5) is 39.2. The van der Waals surface area contributed by atoms with Crippen LogP contribution in [0.2, 0.25) is 0 Å². The number of benzene rings is 2. The van der Waals surface area contributed by atoms with Crippen LogP contribution in [0.25, 0.3) is 11.1 Å². The first-order valence-electron chi connectivity index (χ1n) is 14.7. The van der Waals surface area contributed by atoms with Crippen LogP contribution in [0, 0.1) is 34.9 Å². The number of nitrogens with two attached hydrogens (primary N) is 1. The number of hydrogen-bond donors (Lipinski definition) is 3. The average Bonchev–Trinajstić information content (AvgIpc) is 3.57. The predicted octanol–water partition coefficient (Wildman–Crippen LogP) is 5.00. The molecule has 0 heterocycles. The Morgan fingerprint density at radius 2 is 1.93 bits per heavy atom. The van der Waals surface area contributed by atoms with Crippen molar-refractivity contribution in [3.05, 3.63) is 65.0 Å². The molecule has 0 aliphatic heterocycles. The molecule has 41 heavy (non-hydrogen) atoms. The van der Waals surface area contributed by atoms with E-state index in [4.69, 9.17) is 10.5 Å². The van der Waals surface area contributed by atoms with E-state index in [1.54, 1.807) is 18.2 Å². The fraction of sp³-hybridized carbons (Fsp3) is 0.485. The van der Waals surface area contributed by atoms with E-state index < -0.39 is 11.7 Å². The minimum absolute atomic E-state index is 0.0170. The first-order valence-corrected chi connectivity index (χ1v) is 14.7. The van der Waals surface area contributed by atoms with E-state index >= 15 is 0 Å². The van der Waals surface area contributed by atoms with Crippen LogP contribution in [0.3, 0.4) is 0 Å². The van der Waals surface area contributed by atoms with Crippen molar-refractivity contribution < 1.29 is 23.5 Å². The lowest BCUT2D eigenvalue weighted by atomic mass is 9.70. The van der Waals surface area contributed by atoms with Gasteiger partial charge in [-0.25, -0.2) is 4.39 Å². The molecule has 3 amide bonds. The lowest BCUT2D eigenvalue weighted by molar-refractivity contribution is -0.127. The summed E-state index contributed by atoms with van der Waals surface area (Å²) in [6.45, 7) is 2.88. The second-order valence-electron chi connectivity index (χ2n) is 12.8. The molecule has 4 fully saturated rings. The summed E-state index contributed by atoms with van der Waals surface area (Å²) in [5, 5.41) is 6.43. The molecule has 216 valence electrons. The Hall–Kier alpha value is -3.68. The smallest absolute Gasteiger partial charge is 0.255 e. The second-order valence-corrected chi connectivity index (χ2v) is 12.8. The first-order chi connectivity index (χ1) is 19.7. The summed E-state index contributed by atoms with van der Waals surface area (Å²) >= 11 is 0. The molecule has 7 nitrogen and oxygen atoms in total. The molecule has 4 aliphatic carbocycles. The molecule has 0 saturated heterocycles. The molecule has 0 aromatic heterocycles. The fourth-order valence-corrected chi connectivity index (χ4v) is 7.08. The van der Waals surface area contributed by atoms with Gasteiger partial charge in [-0.3, -0.25) is 14.4 Å². The van der Waals surface area contributed by atoms with E-state index in [-0.39, 0.29) is 57.7 Å². The van der Waals surface area contributed by atoms with Crippen LogP contribution in [0.5, 0.6) is 5.75 Å². The fourth-order valence-electron chi connectivity index (χ4n) is 7.08. The van der Waals surface area contributed by atoms with Gasteiger partial charge in [-0.15, -0.1) is 0 Å². The summed E-state index contributed by atoms with van der Waals surface area (Å²) < 4.78 is 20.3. The number of carbonyl (C=O) groups is 3. The van der Waals surface area contributed by atoms with Gasteiger partial charge >= 0.3 is 0 Å². The Morgan fingerprint density at radius 1 is 1.15 bits per heavy atom. The van der Waals surface area contributed by atoms with Crippen LogP contribution < -0.4 is 21.1 Å². The number of methoxy groups -OCH3 is 1. The van der Waals surface area contributed by atoms with Crippen molar-refractivity contribution >= 4 is 17.7 Å². The molecule has 4 atom stereocenters. The van der Waals surface area contributed by atoms with Gasteiger partial charge in [0.25, 0.3) is 5.91 Å². The van der Waals surface area contributed by atoms with Crippen molar-refractivity contribution in [2.24, 2.45) is 34.8 Å². The summed E-state index contributed by atoms with van der Waals surface area (Å²) in [5.74, 6) is -0.588. The number of halogens is 1. The number of hydrogen-bond acceptors (Lipinski definition) is 4. The topological polar surface area (TPSA) is 111 Å². The highest BCUT2D eigenvalue weighted by molar-refractivity contribution is 5.99. The minimum Gasteiger partial charge on any atom is -0.496 e. The number of carbonyl (C=O) groups excluding carboxylic acids is 3. The molecule has 8 heteroatoms. The normalized spacial score (nSPS) is 26.9. The molecule has 2 aromatic carbocycles. The van der Waals surface area contributed by atoms with Gasteiger partial charge < -0.3 is 21.1 Å². The third kappa shape index (κ3) is 5.36. The standard InChI is InChI=1S/C33H38FN3O4/c1-33(10-3-11-33)17-36-32(40)28-24-16-22(13-21(24)12-18-4-5-18)29(28)37-31(39)25-14-19(7-9-27(25)41-2)23-15-20(30(35)38)6-8-26(23)34/h6-9,12,14-15,18,22,24,28-29H,3-5,10-11,13,16-17H2,1-2H3,(H2,35,38)(H,36,40)(H,37,39)/b21-12+/t22-,24-,28-,29+/m0/s1. The van der Waals surface area contributed by atoms with Crippen LogP contribution in [-0.2, 0) is 4.79 Å². The Kier molecular flexibility index (Phi) is 7.12. The number of primary amides is 1. The van der Waals surface area contributed by atoms with E-state index in [1.807, 2.05) is 0 Å². The van der Waals surface area contributed by atoms with Crippen LogP contribution in [0.15, 0.2) is 48.0 Å². The molecule has 0 unspecified atom stereocenters. The SMILES string of the molecule is COc1ccc(-c2cc(C(N)=O)ccc2F)cc1C(=O)N[C@@H]1[C@H]2C/C(=C\C3CC3)[C@H](C2)[C@@H]1C(=O)NCC1(C)CCC1. The molecule has 4 saturated carbocycles. The molecule has 0 spiro atoms. The largest absolute Gasteiger partial charge is 0.496 e. The highest BCUT2D eigenvalue weighted by Crippen LogP contribution is 2.53. The predicted molar refractivity (Wildman–Crippen MR) is 154 cm³/mol. The van der Waals surface area contributed by atoms with Gasteiger partial charge in [0, 0.05) is 23.7 Å². The van der Waals surface area contributed by atoms with Crippen LogP contribution in [-0.4, -0.2) is 37.4 Å². The van der Waals surface area contributed by atoms with Crippen LogP contribution >= 0.6 is 0 Å². The molecule has 4 aliphatic rings. The van der Waals surface area contributed by atoms with Crippen molar-refractivity contribution in [1.29, 1.82) is 0 Å². The van der Waals surface area contributed by atoms with E-state index in [1.165, 1.54) is 50.1 Å². The van der Waals surface area contributed by atoms with Crippen LogP contribution in [0.4, 0.5) is 4.39 Å². The van der Waals surface area contributed by atoms with Crippen molar-refractivity contribution in [2.75, 3.05) is 13.7 Å². The van der Waals surface area contributed by atoms with Crippen LogP contribution in [0.1, 0.15) is 72.6 Å². The zero-order valence-electron chi connectivity index (χ0n) is 23.7. The Bertz CT molecular complexity index is 1430. The highest BCUT2D eigenvalue weighted by atomic mass is 19.1.